The van der Waals surface area contributed by atoms with Crippen molar-refractivity contribution in [2.75, 3.05) is 13.1 Å². The highest BCUT2D eigenvalue weighted by Gasteiger charge is 2.16. The molecule has 0 saturated heterocycles. The third-order valence-corrected chi connectivity index (χ3v) is 2.38. The summed E-state index contributed by atoms with van der Waals surface area (Å²) in [6.45, 7) is 9.62. The van der Waals surface area contributed by atoms with Crippen molar-refractivity contribution in [3.63, 3.8) is 0 Å². The minimum absolute atomic E-state index is 0.00639. The van der Waals surface area contributed by atoms with Gasteiger partial charge in [-0.3, -0.25) is 4.79 Å². The Morgan fingerprint density at radius 3 is 2.08 bits per heavy atom. The standard InChI is InChI=1S/C10H22N2O/c1-5-12(6-2)10(13)7-9(11)8(3)4/h8-9H,5-7,11H2,1-4H3. The number of hydrogen-bond donors (Lipinski definition) is 1. The summed E-state index contributed by atoms with van der Waals surface area (Å²) in [6.07, 6.45) is 0.472. The fraction of sp³-hybridized carbons (Fsp3) is 0.900. The number of rotatable bonds is 5. The molecular weight excluding hydrogens is 164 g/mol. The Labute approximate surface area is 81.3 Å². The van der Waals surface area contributed by atoms with E-state index in [1.807, 2.05) is 32.6 Å². The molecule has 0 fully saturated rings. The molecule has 0 aliphatic carbocycles. The molecule has 0 heterocycles. The Bertz CT molecular complexity index is 153. The van der Waals surface area contributed by atoms with Gasteiger partial charge in [0.1, 0.15) is 0 Å². The lowest BCUT2D eigenvalue weighted by Crippen LogP contribution is -2.37. The van der Waals surface area contributed by atoms with Crippen LogP contribution in [0.25, 0.3) is 0 Å². The molecule has 0 radical (unpaired) electrons. The first-order valence-electron chi connectivity index (χ1n) is 5.06. The number of amides is 1. The van der Waals surface area contributed by atoms with Crippen LogP contribution >= 0.6 is 0 Å². The first-order chi connectivity index (χ1) is 6.02. The summed E-state index contributed by atoms with van der Waals surface area (Å²) in [6, 6.07) is -0.00639. The van der Waals surface area contributed by atoms with Crippen molar-refractivity contribution in [3.05, 3.63) is 0 Å². The van der Waals surface area contributed by atoms with E-state index in [-0.39, 0.29) is 11.9 Å². The second-order valence-corrected chi connectivity index (χ2v) is 3.68. The molecule has 3 nitrogen and oxygen atoms in total. The molecule has 1 amide bonds. The molecular formula is C10H22N2O. The van der Waals surface area contributed by atoms with E-state index in [4.69, 9.17) is 5.73 Å². The topological polar surface area (TPSA) is 46.3 Å². The van der Waals surface area contributed by atoms with E-state index in [0.717, 1.165) is 13.1 Å². The van der Waals surface area contributed by atoms with E-state index in [1.165, 1.54) is 0 Å². The van der Waals surface area contributed by atoms with Crippen molar-refractivity contribution in [1.29, 1.82) is 0 Å². The van der Waals surface area contributed by atoms with Crippen LogP contribution in [0.1, 0.15) is 34.1 Å². The van der Waals surface area contributed by atoms with Crippen LogP contribution in [0.5, 0.6) is 0 Å². The molecule has 0 aromatic heterocycles. The van der Waals surface area contributed by atoms with Gasteiger partial charge < -0.3 is 10.6 Å². The quantitative estimate of drug-likeness (QED) is 0.702. The summed E-state index contributed by atoms with van der Waals surface area (Å²) in [4.78, 5) is 13.4. The number of carbonyl (C=O) groups excluding carboxylic acids is 1. The Balaban J connectivity index is 3.98. The minimum atomic E-state index is -0.00639. The smallest absolute Gasteiger partial charge is 0.224 e. The van der Waals surface area contributed by atoms with Gasteiger partial charge in [0.05, 0.1) is 0 Å². The van der Waals surface area contributed by atoms with Gasteiger partial charge in [-0.1, -0.05) is 13.8 Å². The zero-order valence-corrected chi connectivity index (χ0v) is 9.21. The first-order valence-corrected chi connectivity index (χ1v) is 5.06. The van der Waals surface area contributed by atoms with Crippen LogP contribution in [-0.4, -0.2) is 29.9 Å². The number of nitrogens with zero attached hydrogens (tertiary/aromatic N) is 1. The SMILES string of the molecule is CCN(CC)C(=O)CC(N)C(C)C. The van der Waals surface area contributed by atoms with Crippen LogP contribution in [0.4, 0.5) is 0 Å². The zero-order valence-electron chi connectivity index (χ0n) is 9.21. The van der Waals surface area contributed by atoms with Gasteiger partial charge in [0.2, 0.25) is 5.91 Å². The normalized spacial score (nSPS) is 13.1. The third kappa shape index (κ3) is 4.27. The van der Waals surface area contributed by atoms with Crippen LogP contribution < -0.4 is 5.73 Å². The maximum Gasteiger partial charge on any atom is 0.224 e. The number of nitrogens with two attached hydrogens (primary N) is 1. The van der Waals surface area contributed by atoms with E-state index < -0.39 is 0 Å². The number of hydrogen-bond acceptors (Lipinski definition) is 2. The molecule has 1 atom stereocenters. The molecule has 0 saturated carbocycles. The second kappa shape index (κ2) is 5.97. The van der Waals surface area contributed by atoms with Gasteiger partial charge in [-0.15, -0.1) is 0 Å². The molecule has 0 rings (SSSR count). The predicted molar refractivity (Wildman–Crippen MR) is 55.4 cm³/mol. The predicted octanol–water partition coefficient (Wildman–Crippen LogP) is 1.23. The monoisotopic (exact) mass is 186 g/mol. The fourth-order valence-electron chi connectivity index (χ4n) is 1.14. The van der Waals surface area contributed by atoms with Crippen molar-refractivity contribution < 1.29 is 4.79 Å². The highest BCUT2D eigenvalue weighted by atomic mass is 16.2. The first kappa shape index (κ1) is 12.4. The van der Waals surface area contributed by atoms with E-state index in [9.17, 15) is 4.79 Å². The largest absolute Gasteiger partial charge is 0.343 e. The van der Waals surface area contributed by atoms with Gasteiger partial charge in [-0.2, -0.15) is 0 Å². The molecule has 13 heavy (non-hydrogen) atoms. The molecule has 0 spiro atoms. The molecule has 3 heteroatoms. The maximum absolute atomic E-state index is 11.6. The molecule has 0 aliphatic rings. The van der Waals surface area contributed by atoms with Crippen molar-refractivity contribution in [1.82, 2.24) is 4.90 Å². The van der Waals surface area contributed by atoms with Gasteiger partial charge in [-0.25, -0.2) is 0 Å². The summed E-state index contributed by atoms with van der Waals surface area (Å²) in [5, 5.41) is 0. The summed E-state index contributed by atoms with van der Waals surface area (Å²) in [5.74, 6) is 0.547. The molecule has 0 aromatic rings. The van der Waals surface area contributed by atoms with Crippen LogP contribution in [-0.2, 0) is 4.79 Å². The van der Waals surface area contributed by atoms with Gasteiger partial charge in [0, 0.05) is 25.6 Å². The van der Waals surface area contributed by atoms with E-state index >= 15 is 0 Å². The van der Waals surface area contributed by atoms with Crippen LogP contribution in [0.3, 0.4) is 0 Å². The van der Waals surface area contributed by atoms with Crippen LogP contribution in [0.2, 0.25) is 0 Å². The van der Waals surface area contributed by atoms with Gasteiger partial charge in [-0.05, 0) is 19.8 Å². The summed E-state index contributed by atoms with van der Waals surface area (Å²) >= 11 is 0. The van der Waals surface area contributed by atoms with Crippen molar-refractivity contribution in [2.45, 2.75) is 40.2 Å². The lowest BCUT2D eigenvalue weighted by Gasteiger charge is -2.22. The molecule has 1 unspecified atom stereocenters. The molecule has 2 N–H and O–H groups in total. The highest BCUT2D eigenvalue weighted by molar-refractivity contribution is 5.76. The Morgan fingerprint density at radius 1 is 1.31 bits per heavy atom. The molecule has 78 valence electrons. The molecule has 0 aromatic carbocycles. The Kier molecular flexibility index (Phi) is 5.71. The molecule has 0 bridgehead atoms. The highest BCUT2D eigenvalue weighted by Crippen LogP contribution is 2.05. The summed E-state index contributed by atoms with van der Waals surface area (Å²) < 4.78 is 0. The van der Waals surface area contributed by atoms with Crippen LogP contribution in [0, 0.1) is 5.92 Å². The average molecular weight is 186 g/mol. The number of carbonyl (C=O) groups is 1. The van der Waals surface area contributed by atoms with Gasteiger partial charge in [0.15, 0.2) is 0 Å². The van der Waals surface area contributed by atoms with Crippen molar-refractivity contribution in [3.8, 4) is 0 Å². The second-order valence-electron chi connectivity index (χ2n) is 3.68. The lowest BCUT2D eigenvalue weighted by molar-refractivity contribution is -0.131. The van der Waals surface area contributed by atoms with Gasteiger partial charge >= 0.3 is 0 Å². The minimum Gasteiger partial charge on any atom is -0.343 e. The average Bonchev–Trinajstić information content (AvgIpc) is 2.06. The maximum atomic E-state index is 11.6. The Hall–Kier alpha value is -0.570. The van der Waals surface area contributed by atoms with E-state index in [2.05, 4.69) is 0 Å². The fourth-order valence-corrected chi connectivity index (χ4v) is 1.14. The van der Waals surface area contributed by atoms with Crippen molar-refractivity contribution >= 4 is 5.91 Å². The Morgan fingerprint density at radius 2 is 1.77 bits per heavy atom. The molecule has 0 aliphatic heterocycles. The summed E-state index contributed by atoms with van der Waals surface area (Å²) in [7, 11) is 0. The van der Waals surface area contributed by atoms with Crippen LogP contribution in [0.15, 0.2) is 0 Å². The van der Waals surface area contributed by atoms with Crippen molar-refractivity contribution in [2.24, 2.45) is 11.7 Å². The third-order valence-electron chi connectivity index (χ3n) is 2.38. The van der Waals surface area contributed by atoms with E-state index in [1.54, 1.807) is 0 Å². The van der Waals surface area contributed by atoms with Gasteiger partial charge in [0.25, 0.3) is 0 Å². The summed E-state index contributed by atoms with van der Waals surface area (Å²) in [5.41, 5.74) is 5.82. The lowest BCUT2D eigenvalue weighted by atomic mass is 10.0. The van der Waals surface area contributed by atoms with E-state index in [0.29, 0.717) is 12.3 Å². The zero-order chi connectivity index (χ0) is 10.4.